The number of carbonyl (C=O) groups excluding carboxylic acids is 1. The molecule has 1 aliphatic rings. The number of rotatable bonds is 6. The van der Waals surface area contributed by atoms with Crippen molar-refractivity contribution in [2.24, 2.45) is 0 Å². The van der Waals surface area contributed by atoms with E-state index in [1.807, 2.05) is 19.9 Å². The highest BCUT2D eigenvalue weighted by molar-refractivity contribution is 5.91. The normalized spacial score (nSPS) is 19.0. The number of hydrogen-bond donors (Lipinski definition) is 3. The van der Waals surface area contributed by atoms with Crippen LogP contribution in [0.3, 0.4) is 0 Å². The Morgan fingerprint density at radius 1 is 1.07 bits per heavy atom. The van der Waals surface area contributed by atoms with Gasteiger partial charge in [-0.05, 0) is 44.2 Å². The minimum atomic E-state index is -0.318. The molecular formula is C21H26FN5O3+2. The van der Waals surface area contributed by atoms with Gasteiger partial charge in [-0.1, -0.05) is 0 Å². The molecule has 9 heteroatoms. The van der Waals surface area contributed by atoms with E-state index in [4.69, 9.17) is 8.83 Å². The molecule has 3 N–H and O–H groups in total. The van der Waals surface area contributed by atoms with Gasteiger partial charge in [0.05, 0.1) is 5.56 Å². The Morgan fingerprint density at radius 2 is 1.77 bits per heavy atom. The summed E-state index contributed by atoms with van der Waals surface area (Å²) >= 11 is 0. The summed E-state index contributed by atoms with van der Waals surface area (Å²) in [5.41, 5.74) is 1.45. The first-order valence-corrected chi connectivity index (χ1v) is 10.1. The summed E-state index contributed by atoms with van der Waals surface area (Å²) in [5, 5.41) is 11.2. The van der Waals surface area contributed by atoms with Crippen LogP contribution in [0.2, 0.25) is 0 Å². The van der Waals surface area contributed by atoms with Gasteiger partial charge in [0.25, 0.3) is 17.7 Å². The van der Waals surface area contributed by atoms with E-state index in [9.17, 15) is 9.18 Å². The molecule has 0 radical (unpaired) electrons. The van der Waals surface area contributed by atoms with Crippen LogP contribution >= 0.6 is 0 Å². The van der Waals surface area contributed by atoms with E-state index in [1.54, 1.807) is 12.1 Å². The third-order valence-corrected chi connectivity index (χ3v) is 5.34. The molecule has 0 unspecified atom stereocenters. The molecule has 8 nitrogen and oxygen atoms in total. The first-order valence-electron chi connectivity index (χ1n) is 10.1. The van der Waals surface area contributed by atoms with E-state index in [-0.39, 0.29) is 11.7 Å². The molecule has 1 saturated heterocycles. The fourth-order valence-corrected chi connectivity index (χ4v) is 3.77. The molecule has 3 aromatic rings. The van der Waals surface area contributed by atoms with Gasteiger partial charge < -0.3 is 24.0 Å². The van der Waals surface area contributed by atoms with E-state index in [0.717, 1.165) is 43.3 Å². The third-order valence-electron chi connectivity index (χ3n) is 5.34. The number of nitrogens with one attached hydrogen (secondary N) is 3. The molecule has 0 spiro atoms. The van der Waals surface area contributed by atoms with Crippen LogP contribution in [-0.4, -0.2) is 48.8 Å². The summed E-state index contributed by atoms with van der Waals surface area (Å²) in [6, 6.07) is 7.70. The monoisotopic (exact) mass is 415 g/mol. The molecule has 158 valence electrons. The summed E-state index contributed by atoms with van der Waals surface area (Å²) < 4.78 is 24.3. The molecule has 2 aromatic heterocycles. The molecule has 0 bridgehead atoms. The lowest BCUT2D eigenvalue weighted by molar-refractivity contribution is -1.02. The largest absolute Gasteiger partial charge is 0.466 e. The van der Waals surface area contributed by atoms with E-state index in [1.165, 1.54) is 21.9 Å². The molecule has 30 heavy (non-hydrogen) atoms. The van der Waals surface area contributed by atoms with Crippen LogP contribution in [0, 0.1) is 19.7 Å². The maximum Gasteiger partial charge on any atom is 0.279 e. The second-order valence-electron chi connectivity index (χ2n) is 7.74. The molecule has 1 aliphatic heterocycles. The summed E-state index contributed by atoms with van der Waals surface area (Å²) in [5.74, 6) is 2.30. The quantitative estimate of drug-likeness (QED) is 0.528. The predicted molar refractivity (Wildman–Crippen MR) is 106 cm³/mol. The van der Waals surface area contributed by atoms with Crippen LogP contribution in [0.15, 0.2) is 39.2 Å². The number of quaternary nitrogens is 2. The minimum absolute atomic E-state index is 0.0626. The summed E-state index contributed by atoms with van der Waals surface area (Å²) in [6.45, 7) is 8.43. The van der Waals surface area contributed by atoms with E-state index < -0.39 is 0 Å². The number of furan rings is 1. The van der Waals surface area contributed by atoms with Crippen LogP contribution in [0.25, 0.3) is 11.5 Å². The molecule has 3 heterocycles. The fraction of sp³-hybridized carbons (Fsp3) is 0.381. The van der Waals surface area contributed by atoms with Gasteiger partial charge in [0.15, 0.2) is 13.1 Å². The van der Waals surface area contributed by atoms with Crippen molar-refractivity contribution in [2.75, 3.05) is 38.0 Å². The van der Waals surface area contributed by atoms with Crippen LogP contribution < -0.4 is 15.1 Å². The van der Waals surface area contributed by atoms with E-state index in [2.05, 4.69) is 15.5 Å². The zero-order valence-corrected chi connectivity index (χ0v) is 17.1. The molecule has 1 amide bonds. The number of aromatic nitrogens is 2. The van der Waals surface area contributed by atoms with Crippen LogP contribution in [-0.2, 0) is 11.3 Å². The lowest BCUT2D eigenvalue weighted by atomic mass is 10.2. The molecule has 0 aliphatic carbocycles. The highest BCUT2D eigenvalue weighted by Gasteiger charge is 2.26. The van der Waals surface area contributed by atoms with Gasteiger partial charge in [0.2, 0.25) is 0 Å². The van der Waals surface area contributed by atoms with Crippen molar-refractivity contribution in [3.05, 3.63) is 53.6 Å². The standard InChI is InChI=1S/C21H24FN5O3/c1-14-11-18(15(2)29-14)21-25-24-20(30-21)13-27-9-7-26(8-10-27)12-19(28)23-17-5-3-16(22)4-6-17/h3-6,11H,7-10,12-13H2,1-2H3,(H,23,28)/p+2. The number of piperazine rings is 1. The topological polar surface area (TPSA) is 90.0 Å². The van der Waals surface area contributed by atoms with Gasteiger partial charge in [0.1, 0.15) is 43.5 Å². The van der Waals surface area contributed by atoms with Gasteiger partial charge in [-0.2, -0.15) is 0 Å². The zero-order valence-electron chi connectivity index (χ0n) is 17.1. The van der Waals surface area contributed by atoms with Crippen LogP contribution in [0.4, 0.5) is 10.1 Å². The zero-order chi connectivity index (χ0) is 21.1. The van der Waals surface area contributed by atoms with Gasteiger partial charge in [-0.25, -0.2) is 4.39 Å². The Bertz CT molecular complexity index is 1010. The Labute approximate surface area is 173 Å². The van der Waals surface area contributed by atoms with Crippen LogP contribution in [0.1, 0.15) is 17.4 Å². The van der Waals surface area contributed by atoms with Crippen molar-refractivity contribution in [3.8, 4) is 11.5 Å². The number of anilines is 1. The number of nitrogens with zero attached hydrogens (tertiary/aromatic N) is 2. The summed E-state index contributed by atoms with van der Waals surface area (Å²) in [6.07, 6.45) is 0. The van der Waals surface area contributed by atoms with Gasteiger partial charge >= 0.3 is 0 Å². The number of hydrogen-bond acceptors (Lipinski definition) is 5. The fourth-order valence-electron chi connectivity index (χ4n) is 3.77. The number of aryl methyl sites for hydroxylation is 2. The van der Waals surface area contributed by atoms with E-state index in [0.29, 0.717) is 30.6 Å². The number of carbonyl (C=O) groups is 1. The smallest absolute Gasteiger partial charge is 0.279 e. The third kappa shape index (κ3) is 4.92. The summed E-state index contributed by atoms with van der Waals surface area (Å²) in [7, 11) is 0. The van der Waals surface area contributed by atoms with Crippen molar-refractivity contribution in [2.45, 2.75) is 20.4 Å². The Morgan fingerprint density at radius 3 is 2.43 bits per heavy atom. The average Bonchev–Trinajstić information content (AvgIpc) is 3.30. The molecular weight excluding hydrogens is 389 g/mol. The molecule has 0 atom stereocenters. The first-order chi connectivity index (χ1) is 14.5. The van der Waals surface area contributed by atoms with Crippen molar-refractivity contribution >= 4 is 11.6 Å². The van der Waals surface area contributed by atoms with Crippen molar-refractivity contribution in [1.29, 1.82) is 0 Å². The molecule has 4 rings (SSSR count). The van der Waals surface area contributed by atoms with Crippen LogP contribution in [0.5, 0.6) is 0 Å². The SMILES string of the molecule is Cc1cc(-c2nnc(C[NH+]3CC[NH+](CC(=O)Nc4ccc(F)cc4)CC3)o2)c(C)o1. The highest BCUT2D eigenvalue weighted by atomic mass is 19.1. The average molecular weight is 415 g/mol. The summed E-state index contributed by atoms with van der Waals surface area (Å²) in [4.78, 5) is 14.8. The van der Waals surface area contributed by atoms with Gasteiger partial charge in [-0.3, -0.25) is 4.79 Å². The number of amides is 1. The van der Waals surface area contributed by atoms with Gasteiger partial charge in [0, 0.05) is 5.69 Å². The first kappa shape index (κ1) is 20.2. The highest BCUT2D eigenvalue weighted by Crippen LogP contribution is 2.25. The number of halogens is 1. The Balaban J connectivity index is 1.24. The second kappa shape index (κ2) is 8.76. The predicted octanol–water partition coefficient (Wildman–Crippen LogP) is 0.00764. The Hall–Kier alpha value is -3.04. The van der Waals surface area contributed by atoms with Crippen molar-refractivity contribution in [3.63, 3.8) is 0 Å². The molecule has 1 aromatic carbocycles. The maximum absolute atomic E-state index is 13.0. The second-order valence-corrected chi connectivity index (χ2v) is 7.74. The number of benzene rings is 1. The minimum Gasteiger partial charge on any atom is -0.466 e. The van der Waals surface area contributed by atoms with Crippen molar-refractivity contribution in [1.82, 2.24) is 10.2 Å². The molecule has 1 fully saturated rings. The maximum atomic E-state index is 13.0. The van der Waals surface area contributed by atoms with E-state index >= 15 is 0 Å². The van der Waals surface area contributed by atoms with Gasteiger partial charge in [-0.15, -0.1) is 10.2 Å². The molecule has 0 saturated carbocycles. The van der Waals surface area contributed by atoms with Crippen molar-refractivity contribution < 1.29 is 27.8 Å². The lowest BCUT2D eigenvalue weighted by Crippen LogP contribution is -3.28. The Kier molecular flexibility index (Phi) is 5.91. The lowest BCUT2D eigenvalue weighted by Gasteiger charge is -2.28.